The summed E-state index contributed by atoms with van der Waals surface area (Å²) < 4.78 is 16.7. The summed E-state index contributed by atoms with van der Waals surface area (Å²) >= 11 is 0. The van der Waals surface area contributed by atoms with Crippen LogP contribution in [0.5, 0.6) is 0 Å². The molecule has 0 bridgehead atoms. The van der Waals surface area contributed by atoms with Crippen molar-refractivity contribution in [3.8, 4) is 0 Å². The molecule has 0 radical (unpaired) electrons. The summed E-state index contributed by atoms with van der Waals surface area (Å²) in [7, 11) is 0. The van der Waals surface area contributed by atoms with E-state index in [0.29, 0.717) is 19.8 Å². The van der Waals surface area contributed by atoms with Crippen molar-refractivity contribution in [1.82, 2.24) is 0 Å². The minimum Gasteiger partial charge on any atom is -0.369 e. The zero-order valence-electron chi connectivity index (χ0n) is 9.59. The van der Waals surface area contributed by atoms with Gasteiger partial charge in [0.05, 0.1) is 19.8 Å². The van der Waals surface area contributed by atoms with Gasteiger partial charge in [0.2, 0.25) is 0 Å². The molecule has 0 amide bonds. The third kappa shape index (κ3) is 3.30. The highest BCUT2D eigenvalue weighted by Crippen LogP contribution is 2.12. The molecule has 0 spiro atoms. The molecule has 0 unspecified atom stereocenters. The third-order valence-corrected chi connectivity index (χ3v) is 2.60. The molecule has 1 fully saturated rings. The van der Waals surface area contributed by atoms with E-state index in [9.17, 15) is 0 Å². The highest BCUT2D eigenvalue weighted by molar-refractivity contribution is 5.13. The number of hydrogen-bond donors (Lipinski definition) is 0. The van der Waals surface area contributed by atoms with Crippen molar-refractivity contribution in [2.75, 3.05) is 13.2 Å². The Morgan fingerprint density at radius 1 is 1.19 bits per heavy atom. The van der Waals surface area contributed by atoms with Gasteiger partial charge in [-0.1, -0.05) is 37.3 Å². The second-order valence-corrected chi connectivity index (χ2v) is 3.92. The van der Waals surface area contributed by atoms with Crippen LogP contribution in [0, 0.1) is 0 Å². The number of hydrogen-bond acceptors (Lipinski definition) is 3. The Balaban J connectivity index is 1.72. The van der Waals surface area contributed by atoms with Crippen LogP contribution >= 0.6 is 0 Å². The van der Waals surface area contributed by atoms with Crippen LogP contribution in [0.15, 0.2) is 30.3 Å². The first-order valence-electron chi connectivity index (χ1n) is 5.77. The molecule has 88 valence electrons. The molecule has 0 saturated carbocycles. The smallest absolute Gasteiger partial charge is 0.157 e. The lowest BCUT2D eigenvalue weighted by Gasteiger charge is -2.28. The van der Waals surface area contributed by atoms with E-state index < -0.39 is 0 Å². The van der Waals surface area contributed by atoms with E-state index in [-0.39, 0.29) is 12.4 Å². The Kier molecular flexibility index (Phi) is 4.34. The van der Waals surface area contributed by atoms with Gasteiger partial charge in [-0.15, -0.1) is 0 Å². The number of ether oxygens (including phenoxy) is 3. The molecule has 3 heteroatoms. The van der Waals surface area contributed by atoms with Crippen molar-refractivity contribution in [3.63, 3.8) is 0 Å². The molecule has 0 N–H and O–H groups in total. The fourth-order valence-electron chi connectivity index (χ4n) is 1.65. The van der Waals surface area contributed by atoms with Gasteiger partial charge < -0.3 is 14.2 Å². The van der Waals surface area contributed by atoms with E-state index in [1.165, 1.54) is 5.56 Å². The van der Waals surface area contributed by atoms with Gasteiger partial charge in [-0.3, -0.25) is 0 Å². The van der Waals surface area contributed by atoms with Crippen LogP contribution in [0.3, 0.4) is 0 Å². The summed E-state index contributed by atoms with van der Waals surface area (Å²) in [5, 5.41) is 0. The van der Waals surface area contributed by atoms with E-state index in [2.05, 4.69) is 19.1 Å². The Bertz CT molecular complexity index is 291. The summed E-state index contributed by atoms with van der Waals surface area (Å²) in [4.78, 5) is 0. The molecule has 0 atom stereocenters. The van der Waals surface area contributed by atoms with E-state index in [4.69, 9.17) is 14.2 Å². The van der Waals surface area contributed by atoms with Crippen LogP contribution in [0.2, 0.25) is 0 Å². The molecule has 2 rings (SSSR count). The zero-order valence-corrected chi connectivity index (χ0v) is 9.59. The fraction of sp³-hybridized carbons (Fsp3) is 0.538. The van der Waals surface area contributed by atoms with Crippen molar-refractivity contribution < 1.29 is 14.2 Å². The Hall–Kier alpha value is -0.900. The maximum Gasteiger partial charge on any atom is 0.157 e. The van der Waals surface area contributed by atoms with Crippen LogP contribution in [0.1, 0.15) is 18.9 Å². The minimum absolute atomic E-state index is 0.0448. The first-order chi connectivity index (χ1) is 7.88. The van der Waals surface area contributed by atoms with Crippen molar-refractivity contribution in [1.29, 1.82) is 0 Å². The summed E-state index contributed by atoms with van der Waals surface area (Å²) in [6.45, 7) is 3.93. The maximum atomic E-state index is 5.71. The highest BCUT2D eigenvalue weighted by atomic mass is 16.7. The standard InChI is InChI=1S/C13H18O3/c1-2-13-15-9-12(10-16-13)14-8-11-6-4-3-5-7-11/h3-7,12-13H,2,8-10H2,1H3. The Morgan fingerprint density at radius 2 is 1.88 bits per heavy atom. The molecular weight excluding hydrogens is 204 g/mol. The lowest BCUT2D eigenvalue weighted by molar-refractivity contribution is -0.228. The molecule has 16 heavy (non-hydrogen) atoms. The molecule has 3 nitrogen and oxygen atoms in total. The zero-order chi connectivity index (χ0) is 11.2. The van der Waals surface area contributed by atoms with Gasteiger partial charge >= 0.3 is 0 Å². The molecule has 0 aromatic heterocycles. The Morgan fingerprint density at radius 3 is 2.50 bits per heavy atom. The van der Waals surface area contributed by atoms with Gasteiger partial charge in [-0.2, -0.15) is 0 Å². The van der Waals surface area contributed by atoms with Crippen molar-refractivity contribution in [3.05, 3.63) is 35.9 Å². The number of benzene rings is 1. The monoisotopic (exact) mass is 222 g/mol. The largest absolute Gasteiger partial charge is 0.369 e. The van der Waals surface area contributed by atoms with Crippen molar-refractivity contribution in [2.45, 2.75) is 32.3 Å². The molecule has 0 aliphatic carbocycles. The van der Waals surface area contributed by atoms with Gasteiger partial charge in [0, 0.05) is 0 Å². The molecule has 1 aromatic rings. The van der Waals surface area contributed by atoms with Gasteiger partial charge in [-0.25, -0.2) is 0 Å². The van der Waals surface area contributed by atoms with Gasteiger partial charge in [0.25, 0.3) is 0 Å². The van der Waals surface area contributed by atoms with Gasteiger partial charge in [0.15, 0.2) is 6.29 Å². The third-order valence-electron chi connectivity index (χ3n) is 2.60. The predicted molar refractivity (Wildman–Crippen MR) is 61.0 cm³/mol. The van der Waals surface area contributed by atoms with Crippen LogP contribution in [-0.4, -0.2) is 25.6 Å². The molecule has 1 aromatic carbocycles. The maximum absolute atomic E-state index is 5.71. The van der Waals surface area contributed by atoms with Crippen molar-refractivity contribution >= 4 is 0 Å². The van der Waals surface area contributed by atoms with E-state index in [1.54, 1.807) is 0 Å². The fourth-order valence-corrected chi connectivity index (χ4v) is 1.65. The molecular formula is C13H18O3. The highest BCUT2D eigenvalue weighted by Gasteiger charge is 2.21. The van der Waals surface area contributed by atoms with Crippen molar-refractivity contribution in [2.24, 2.45) is 0 Å². The van der Waals surface area contributed by atoms with Crippen LogP contribution < -0.4 is 0 Å². The average Bonchev–Trinajstić information content (AvgIpc) is 2.38. The summed E-state index contributed by atoms with van der Waals surface area (Å²) in [6.07, 6.45) is 0.908. The average molecular weight is 222 g/mol. The second-order valence-electron chi connectivity index (χ2n) is 3.92. The molecule has 1 aliphatic heterocycles. The molecule has 1 aliphatic rings. The van der Waals surface area contributed by atoms with Crippen LogP contribution in [-0.2, 0) is 20.8 Å². The SMILES string of the molecule is CCC1OCC(OCc2ccccc2)CO1. The first kappa shape index (κ1) is 11.6. The lowest BCUT2D eigenvalue weighted by atomic mass is 10.2. The van der Waals surface area contributed by atoms with Gasteiger partial charge in [-0.05, 0) is 12.0 Å². The van der Waals surface area contributed by atoms with Gasteiger partial charge in [0.1, 0.15) is 6.10 Å². The number of rotatable bonds is 4. The minimum atomic E-state index is -0.0448. The second kappa shape index (κ2) is 5.99. The topological polar surface area (TPSA) is 27.7 Å². The quantitative estimate of drug-likeness (QED) is 0.782. The summed E-state index contributed by atoms with van der Waals surface area (Å²) in [5.74, 6) is 0. The summed E-state index contributed by atoms with van der Waals surface area (Å²) in [6, 6.07) is 10.1. The summed E-state index contributed by atoms with van der Waals surface area (Å²) in [5.41, 5.74) is 1.18. The van der Waals surface area contributed by atoms with E-state index in [0.717, 1.165) is 6.42 Å². The predicted octanol–water partition coefficient (Wildman–Crippen LogP) is 2.35. The van der Waals surface area contributed by atoms with E-state index in [1.807, 2.05) is 18.2 Å². The Labute approximate surface area is 96.3 Å². The van der Waals surface area contributed by atoms with Crippen LogP contribution in [0.25, 0.3) is 0 Å². The molecule has 1 heterocycles. The van der Waals surface area contributed by atoms with Crippen LogP contribution in [0.4, 0.5) is 0 Å². The van der Waals surface area contributed by atoms with E-state index >= 15 is 0 Å². The first-order valence-corrected chi connectivity index (χ1v) is 5.77. The lowest BCUT2D eigenvalue weighted by Crippen LogP contribution is -2.36. The molecule has 1 saturated heterocycles. The normalized spacial score (nSPS) is 25.6.